The maximum absolute atomic E-state index is 11.8. The normalized spacial score (nSPS) is 20.6. The van der Waals surface area contributed by atoms with Crippen molar-refractivity contribution in [2.45, 2.75) is 31.5 Å². The molecule has 1 rings (SSSR count). The first kappa shape index (κ1) is 14.0. The van der Waals surface area contributed by atoms with E-state index < -0.39 is 12.6 Å². The van der Waals surface area contributed by atoms with Gasteiger partial charge in [0.1, 0.15) is 0 Å². The van der Waals surface area contributed by atoms with Crippen LogP contribution in [-0.2, 0) is 0 Å². The van der Waals surface area contributed by atoms with E-state index in [-0.39, 0.29) is 25.0 Å². The number of nitrogens with two attached hydrogens (primary N) is 1. The van der Waals surface area contributed by atoms with E-state index in [1.807, 2.05) is 4.90 Å². The maximum Gasteiger partial charge on any atom is 0.390 e. The van der Waals surface area contributed by atoms with Crippen molar-refractivity contribution in [3.8, 4) is 0 Å². The molecule has 1 saturated heterocycles. The van der Waals surface area contributed by atoms with Gasteiger partial charge in [0.05, 0.1) is 6.42 Å². The summed E-state index contributed by atoms with van der Waals surface area (Å²) in [5.74, 6) is 0. The summed E-state index contributed by atoms with van der Waals surface area (Å²) >= 11 is 0. The highest BCUT2D eigenvalue weighted by Crippen LogP contribution is 2.20. The van der Waals surface area contributed by atoms with Crippen molar-refractivity contribution < 1.29 is 13.2 Å². The van der Waals surface area contributed by atoms with E-state index in [0.29, 0.717) is 13.1 Å². The summed E-state index contributed by atoms with van der Waals surface area (Å²) in [6.45, 7) is 1.53. The Bertz CT molecular complexity index is 155. The number of alkyl halides is 3. The summed E-state index contributed by atoms with van der Waals surface area (Å²) in [5, 5.41) is 0. The van der Waals surface area contributed by atoms with Gasteiger partial charge in [0.2, 0.25) is 0 Å². The van der Waals surface area contributed by atoms with E-state index in [1.165, 1.54) is 0 Å². The fourth-order valence-electron chi connectivity index (χ4n) is 1.46. The van der Waals surface area contributed by atoms with Crippen LogP contribution in [0.4, 0.5) is 13.2 Å². The topological polar surface area (TPSA) is 29.3 Å². The monoisotopic (exact) mass is 232 g/mol. The largest absolute Gasteiger partial charge is 0.390 e. The Kier molecular flexibility index (Phi) is 5.78. The third kappa shape index (κ3) is 5.67. The molecule has 0 aromatic carbocycles. The zero-order chi connectivity index (χ0) is 9.90. The Balaban J connectivity index is 0.00000169. The Hall–Kier alpha value is -0.0000000000000000555. The average Bonchev–Trinajstić information content (AvgIpc) is 2.02. The predicted molar refractivity (Wildman–Crippen MR) is 51.6 cm³/mol. The fraction of sp³-hybridized carbons (Fsp3) is 1.00. The van der Waals surface area contributed by atoms with Crippen molar-refractivity contribution in [3.05, 3.63) is 0 Å². The van der Waals surface area contributed by atoms with Crippen LogP contribution >= 0.6 is 12.4 Å². The van der Waals surface area contributed by atoms with Crippen LogP contribution in [0.1, 0.15) is 19.3 Å². The number of likely N-dealkylation sites (tertiary alicyclic amines) is 1. The Morgan fingerprint density at radius 2 is 1.71 bits per heavy atom. The molecule has 14 heavy (non-hydrogen) atoms. The second-order valence-corrected chi connectivity index (χ2v) is 3.54. The lowest BCUT2D eigenvalue weighted by atomic mass is 10.1. The minimum Gasteiger partial charge on any atom is -0.328 e. The SMILES string of the molecule is Cl.NC1CCN(CCC(F)(F)F)CC1. The van der Waals surface area contributed by atoms with Gasteiger partial charge in [-0.25, -0.2) is 0 Å². The van der Waals surface area contributed by atoms with Crippen molar-refractivity contribution in [1.82, 2.24) is 4.90 Å². The summed E-state index contributed by atoms with van der Waals surface area (Å²) < 4.78 is 35.5. The van der Waals surface area contributed by atoms with Gasteiger partial charge in [-0.2, -0.15) is 13.2 Å². The van der Waals surface area contributed by atoms with Crippen molar-refractivity contribution in [1.29, 1.82) is 0 Å². The molecule has 0 unspecified atom stereocenters. The summed E-state index contributed by atoms with van der Waals surface area (Å²) in [5.41, 5.74) is 5.63. The molecule has 1 aliphatic rings. The van der Waals surface area contributed by atoms with Crippen molar-refractivity contribution in [3.63, 3.8) is 0 Å². The molecule has 2 nitrogen and oxygen atoms in total. The van der Waals surface area contributed by atoms with Gasteiger partial charge in [0.25, 0.3) is 0 Å². The first-order valence-electron chi connectivity index (χ1n) is 4.52. The molecule has 0 aliphatic carbocycles. The Morgan fingerprint density at radius 3 is 2.14 bits per heavy atom. The van der Waals surface area contributed by atoms with Gasteiger partial charge in [-0.3, -0.25) is 0 Å². The molecule has 0 radical (unpaired) electrons. The summed E-state index contributed by atoms with van der Waals surface area (Å²) in [6.07, 6.45) is -3.10. The lowest BCUT2D eigenvalue weighted by Crippen LogP contribution is -2.40. The third-order valence-electron chi connectivity index (χ3n) is 2.34. The van der Waals surface area contributed by atoms with Gasteiger partial charge >= 0.3 is 6.18 Å². The first-order valence-corrected chi connectivity index (χ1v) is 4.52. The highest BCUT2D eigenvalue weighted by Gasteiger charge is 2.28. The average molecular weight is 233 g/mol. The molecule has 0 aromatic heterocycles. The van der Waals surface area contributed by atoms with Crippen molar-refractivity contribution in [2.75, 3.05) is 19.6 Å². The Morgan fingerprint density at radius 1 is 1.21 bits per heavy atom. The lowest BCUT2D eigenvalue weighted by molar-refractivity contribution is -0.138. The van der Waals surface area contributed by atoms with Gasteiger partial charge < -0.3 is 10.6 Å². The molecule has 1 aliphatic heterocycles. The summed E-state index contributed by atoms with van der Waals surface area (Å²) in [6, 6.07) is 0.183. The van der Waals surface area contributed by atoms with Gasteiger partial charge in [0, 0.05) is 12.6 Å². The molecular weight excluding hydrogens is 217 g/mol. The van der Waals surface area contributed by atoms with E-state index in [2.05, 4.69) is 0 Å². The van der Waals surface area contributed by atoms with Crippen LogP contribution in [0, 0.1) is 0 Å². The summed E-state index contributed by atoms with van der Waals surface area (Å²) in [7, 11) is 0. The van der Waals surface area contributed by atoms with Crippen LogP contribution in [0.25, 0.3) is 0 Å². The molecule has 0 atom stereocenters. The molecule has 1 fully saturated rings. The molecule has 0 amide bonds. The molecular formula is C8H16ClF3N2. The molecule has 2 N–H and O–H groups in total. The number of nitrogens with zero attached hydrogens (tertiary/aromatic N) is 1. The van der Waals surface area contributed by atoms with Gasteiger partial charge in [-0.15, -0.1) is 12.4 Å². The zero-order valence-electron chi connectivity index (χ0n) is 7.89. The van der Waals surface area contributed by atoms with E-state index in [4.69, 9.17) is 5.73 Å². The highest BCUT2D eigenvalue weighted by atomic mass is 35.5. The summed E-state index contributed by atoms with van der Waals surface area (Å²) in [4.78, 5) is 1.83. The molecule has 1 heterocycles. The van der Waals surface area contributed by atoms with E-state index in [1.54, 1.807) is 0 Å². The van der Waals surface area contributed by atoms with Gasteiger partial charge in [-0.05, 0) is 25.9 Å². The van der Waals surface area contributed by atoms with Gasteiger partial charge in [-0.1, -0.05) is 0 Å². The van der Waals surface area contributed by atoms with Crippen LogP contribution in [0.2, 0.25) is 0 Å². The van der Waals surface area contributed by atoms with Crippen LogP contribution in [0.3, 0.4) is 0 Å². The van der Waals surface area contributed by atoms with Crippen molar-refractivity contribution >= 4 is 12.4 Å². The Labute approximate surface area is 88.0 Å². The smallest absolute Gasteiger partial charge is 0.328 e. The first-order chi connectivity index (χ1) is 5.97. The van der Waals surface area contributed by atoms with Crippen molar-refractivity contribution in [2.24, 2.45) is 5.73 Å². The minimum absolute atomic E-state index is 0. The van der Waals surface area contributed by atoms with E-state index in [0.717, 1.165) is 12.8 Å². The van der Waals surface area contributed by atoms with Crippen LogP contribution in [-0.4, -0.2) is 36.8 Å². The van der Waals surface area contributed by atoms with E-state index in [9.17, 15) is 13.2 Å². The lowest BCUT2D eigenvalue weighted by Gasteiger charge is -2.30. The molecule has 0 spiro atoms. The predicted octanol–water partition coefficient (Wildman–Crippen LogP) is 1.78. The molecule has 86 valence electrons. The number of piperidine rings is 1. The van der Waals surface area contributed by atoms with Crippen LogP contribution in [0.5, 0.6) is 0 Å². The maximum atomic E-state index is 11.8. The second-order valence-electron chi connectivity index (χ2n) is 3.54. The second kappa shape index (κ2) is 5.78. The third-order valence-corrected chi connectivity index (χ3v) is 2.34. The van der Waals surface area contributed by atoms with E-state index >= 15 is 0 Å². The quantitative estimate of drug-likeness (QED) is 0.787. The molecule has 6 heteroatoms. The molecule has 0 aromatic rings. The van der Waals surface area contributed by atoms with Crippen LogP contribution < -0.4 is 5.73 Å². The standard InChI is InChI=1S/C8H15F3N2.ClH/c9-8(10,11)3-6-13-4-1-7(12)2-5-13;/h7H,1-6,12H2;1H. The number of halogens is 4. The van der Waals surface area contributed by atoms with Gasteiger partial charge in [0.15, 0.2) is 0 Å². The van der Waals surface area contributed by atoms with Crippen LogP contribution in [0.15, 0.2) is 0 Å². The minimum atomic E-state index is -4.03. The molecule has 0 bridgehead atoms. The molecule has 0 saturated carbocycles. The number of hydrogen-bond acceptors (Lipinski definition) is 2. The number of hydrogen-bond donors (Lipinski definition) is 1. The zero-order valence-corrected chi connectivity index (χ0v) is 8.70. The number of rotatable bonds is 2. The fourth-order valence-corrected chi connectivity index (χ4v) is 1.46. The highest BCUT2D eigenvalue weighted by molar-refractivity contribution is 5.85.